The second kappa shape index (κ2) is 8.64. The lowest BCUT2D eigenvalue weighted by atomic mass is 10.1. The average molecular weight is 408 g/mol. The third-order valence-corrected chi connectivity index (χ3v) is 5.11. The van der Waals surface area contributed by atoms with Gasteiger partial charge in [0.1, 0.15) is 11.9 Å². The number of rotatable bonds is 6. The third-order valence-electron chi connectivity index (χ3n) is 5.11. The molecule has 156 valence electrons. The van der Waals surface area contributed by atoms with Gasteiger partial charge >= 0.3 is 5.97 Å². The maximum Gasteiger partial charge on any atom is 0.335 e. The van der Waals surface area contributed by atoms with Gasteiger partial charge in [-0.15, -0.1) is 0 Å². The van der Waals surface area contributed by atoms with E-state index in [4.69, 9.17) is 19.6 Å². The van der Waals surface area contributed by atoms with Crippen molar-refractivity contribution >= 4 is 5.97 Å². The zero-order valence-electron chi connectivity index (χ0n) is 17.0. The summed E-state index contributed by atoms with van der Waals surface area (Å²) >= 11 is 0. The second-order valence-corrected chi connectivity index (χ2v) is 7.26. The van der Waals surface area contributed by atoms with Crippen LogP contribution in [0.3, 0.4) is 0 Å². The highest BCUT2D eigenvalue weighted by Crippen LogP contribution is 2.25. The van der Waals surface area contributed by atoms with Gasteiger partial charge in [-0.1, -0.05) is 24.3 Å². The summed E-state index contributed by atoms with van der Waals surface area (Å²) in [6.45, 7) is 2.14. The number of morpholine rings is 1. The van der Waals surface area contributed by atoms with Crippen LogP contribution in [0, 0.1) is 0 Å². The van der Waals surface area contributed by atoms with Crippen molar-refractivity contribution < 1.29 is 19.4 Å². The summed E-state index contributed by atoms with van der Waals surface area (Å²) in [4.78, 5) is 18.4. The number of aromatic carboxylic acids is 1. The first kappa shape index (κ1) is 20.1. The van der Waals surface area contributed by atoms with Crippen molar-refractivity contribution in [1.29, 1.82) is 0 Å². The Balaban J connectivity index is 1.75. The van der Waals surface area contributed by atoms with E-state index in [-0.39, 0.29) is 11.7 Å². The molecule has 8 heteroatoms. The molecule has 4 rings (SSSR count). The lowest BCUT2D eigenvalue weighted by Crippen LogP contribution is -2.36. The molecular weight excluding hydrogens is 384 g/mol. The van der Waals surface area contributed by atoms with Crippen LogP contribution in [-0.4, -0.2) is 64.6 Å². The van der Waals surface area contributed by atoms with Crippen LogP contribution < -0.4 is 4.74 Å². The summed E-state index contributed by atoms with van der Waals surface area (Å²) in [6.07, 6.45) is 0.238. The van der Waals surface area contributed by atoms with Gasteiger partial charge in [-0.05, 0) is 31.3 Å². The zero-order chi connectivity index (χ0) is 21.1. The molecule has 0 bridgehead atoms. The molecule has 30 heavy (non-hydrogen) atoms. The highest BCUT2D eigenvalue weighted by molar-refractivity contribution is 5.88. The summed E-state index contributed by atoms with van der Waals surface area (Å²) < 4.78 is 13.1. The van der Waals surface area contributed by atoms with Crippen LogP contribution in [-0.2, 0) is 11.2 Å². The van der Waals surface area contributed by atoms with Gasteiger partial charge in [0.05, 0.1) is 25.0 Å². The van der Waals surface area contributed by atoms with Crippen LogP contribution >= 0.6 is 0 Å². The Morgan fingerprint density at radius 2 is 2.10 bits per heavy atom. The van der Waals surface area contributed by atoms with Gasteiger partial charge in [-0.3, -0.25) is 0 Å². The van der Waals surface area contributed by atoms with Crippen molar-refractivity contribution in [2.75, 3.05) is 33.9 Å². The van der Waals surface area contributed by atoms with Crippen LogP contribution in [0.5, 0.6) is 5.75 Å². The number of hydrogen-bond acceptors (Lipinski definition) is 6. The second-order valence-electron chi connectivity index (χ2n) is 7.26. The van der Waals surface area contributed by atoms with E-state index >= 15 is 0 Å². The van der Waals surface area contributed by atoms with Crippen molar-refractivity contribution in [3.63, 3.8) is 0 Å². The molecule has 1 aliphatic rings. The standard InChI is InChI=1S/C22H24N4O4/c1-25-10-11-30-19(14-25)21-23-20(13-15-6-3-4-9-18(15)29-2)24-26(21)17-8-5-7-16(12-17)22(27)28/h3-9,12,19H,10-11,13-14H2,1-2H3,(H,27,28). The molecule has 1 saturated heterocycles. The molecule has 1 aromatic heterocycles. The van der Waals surface area contributed by atoms with E-state index in [1.807, 2.05) is 37.4 Å². The predicted molar refractivity (Wildman–Crippen MR) is 110 cm³/mol. The Bertz CT molecular complexity index is 1050. The summed E-state index contributed by atoms with van der Waals surface area (Å²) in [5, 5.41) is 14.1. The van der Waals surface area contributed by atoms with Crippen LogP contribution in [0.15, 0.2) is 48.5 Å². The third kappa shape index (κ3) is 4.19. The van der Waals surface area contributed by atoms with Gasteiger partial charge < -0.3 is 19.5 Å². The number of methoxy groups -OCH3 is 1. The molecule has 0 aliphatic carbocycles. The first-order valence-electron chi connectivity index (χ1n) is 9.76. The van der Waals surface area contributed by atoms with E-state index in [9.17, 15) is 9.90 Å². The molecule has 8 nitrogen and oxygen atoms in total. The molecule has 0 radical (unpaired) electrons. The Kier molecular flexibility index (Phi) is 5.78. The number of carboxylic acids is 1. The number of carboxylic acid groups (broad SMARTS) is 1. The number of carbonyl (C=O) groups is 1. The normalized spacial score (nSPS) is 17.1. The molecule has 1 atom stereocenters. The maximum atomic E-state index is 11.4. The van der Waals surface area contributed by atoms with Crippen molar-refractivity contribution in [2.45, 2.75) is 12.5 Å². The molecule has 1 N–H and O–H groups in total. The SMILES string of the molecule is COc1ccccc1Cc1nc(C2CN(C)CCO2)n(-c2cccc(C(=O)O)c2)n1. The van der Waals surface area contributed by atoms with Gasteiger partial charge in [0, 0.05) is 25.1 Å². The van der Waals surface area contributed by atoms with E-state index in [1.54, 1.807) is 30.0 Å². The minimum absolute atomic E-state index is 0.196. The van der Waals surface area contributed by atoms with Gasteiger partial charge in [0.25, 0.3) is 0 Å². The number of ether oxygens (including phenoxy) is 2. The fraction of sp³-hybridized carbons (Fsp3) is 0.318. The number of hydrogen-bond donors (Lipinski definition) is 1. The highest BCUT2D eigenvalue weighted by Gasteiger charge is 2.27. The molecule has 0 spiro atoms. The fourth-order valence-corrected chi connectivity index (χ4v) is 3.57. The number of aromatic nitrogens is 3. The summed E-state index contributed by atoms with van der Waals surface area (Å²) in [5.74, 6) is 1.07. The largest absolute Gasteiger partial charge is 0.496 e. The van der Waals surface area contributed by atoms with E-state index in [0.29, 0.717) is 36.9 Å². The predicted octanol–water partition coefficient (Wildman–Crippen LogP) is 2.57. The van der Waals surface area contributed by atoms with Gasteiger partial charge in [-0.2, -0.15) is 5.10 Å². The minimum atomic E-state index is -0.985. The smallest absolute Gasteiger partial charge is 0.335 e. The summed E-state index contributed by atoms with van der Waals surface area (Å²) in [5.41, 5.74) is 1.81. The number of likely N-dealkylation sites (N-methyl/N-ethyl adjacent to an activating group) is 1. The van der Waals surface area contributed by atoms with Crippen molar-refractivity contribution in [3.8, 4) is 11.4 Å². The zero-order valence-corrected chi connectivity index (χ0v) is 17.0. The maximum absolute atomic E-state index is 11.4. The van der Waals surface area contributed by atoms with Gasteiger partial charge in [0.15, 0.2) is 11.6 Å². The monoisotopic (exact) mass is 408 g/mol. The number of benzene rings is 2. The topological polar surface area (TPSA) is 89.7 Å². The van der Waals surface area contributed by atoms with E-state index in [0.717, 1.165) is 17.9 Å². The Hall–Kier alpha value is -3.23. The van der Waals surface area contributed by atoms with Crippen LogP contribution in [0.1, 0.15) is 33.7 Å². The first-order chi connectivity index (χ1) is 14.5. The van der Waals surface area contributed by atoms with E-state index in [1.165, 1.54) is 0 Å². The quantitative estimate of drug-likeness (QED) is 0.670. The Morgan fingerprint density at radius 1 is 1.27 bits per heavy atom. The molecule has 1 fully saturated rings. The molecule has 3 aromatic rings. The lowest BCUT2D eigenvalue weighted by Gasteiger charge is -2.29. The summed E-state index contributed by atoms with van der Waals surface area (Å²) in [7, 11) is 3.68. The van der Waals surface area contributed by atoms with E-state index < -0.39 is 5.97 Å². The van der Waals surface area contributed by atoms with Crippen LogP contribution in [0.4, 0.5) is 0 Å². The molecular formula is C22H24N4O4. The number of nitrogens with zero attached hydrogens (tertiary/aromatic N) is 4. The van der Waals surface area contributed by atoms with Crippen molar-refractivity contribution in [2.24, 2.45) is 0 Å². The lowest BCUT2D eigenvalue weighted by molar-refractivity contribution is -0.0265. The molecule has 0 amide bonds. The van der Waals surface area contributed by atoms with Crippen LogP contribution in [0.25, 0.3) is 5.69 Å². The molecule has 1 aliphatic heterocycles. The molecule has 2 aromatic carbocycles. The number of para-hydroxylation sites is 1. The van der Waals surface area contributed by atoms with Crippen molar-refractivity contribution in [3.05, 3.63) is 71.3 Å². The molecule has 1 unspecified atom stereocenters. The highest BCUT2D eigenvalue weighted by atomic mass is 16.5. The van der Waals surface area contributed by atoms with Crippen LogP contribution in [0.2, 0.25) is 0 Å². The van der Waals surface area contributed by atoms with Crippen molar-refractivity contribution in [1.82, 2.24) is 19.7 Å². The van der Waals surface area contributed by atoms with Gasteiger partial charge in [0.2, 0.25) is 0 Å². The molecule has 2 heterocycles. The first-order valence-corrected chi connectivity index (χ1v) is 9.76. The minimum Gasteiger partial charge on any atom is -0.496 e. The summed E-state index contributed by atoms with van der Waals surface area (Å²) in [6, 6.07) is 14.4. The average Bonchev–Trinajstić information content (AvgIpc) is 3.18. The molecule has 0 saturated carbocycles. The Labute approximate surface area is 174 Å². The van der Waals surface area contributed by atoms with Gasteiger partial charge in [-0.25, -0.2) is 14.5 Å². The fourth-order valence-electron chi connectivity index (χ4n) is 3.57. The Morgan fingerprint density at radius 3 is 2.87 bits per heavy atom. The van der Waals surface area contributed by atoms with E-state index in [2.05, 4.69) is 4.90 Å².